The highest BCUT2D eigenvalue weighted by atomic mass is 35.5. The van der Waals surface area contributed by atoms with Gasteiger partial charge in [-0.3, -0.25) is 0 Å². The molecule has 3 aromatic carbocycles. The van der Waals surface area contributed by atoms with Gasteiger partial charge in [0.1, 0.15) is 0 Å². The van der Waals surface area contributed by atoms with Crippen LogP contribution in [0.2, 0.25) is 0 Å². The highest BCUT2D eigenvalue weighted by Crippen LogP contribution is 2.34. The topological polar surface area (TPSA) is 0 Å². The number of hydrogen-bond acceptors (Lipinski definition) is 0. The Bertz CT molecular complexity index is 731. The molecule has 0 radical (unpaired) electrons. The largest absolute Gasteiger partial charge is 0.123 e. The van der Waals surface area contributed by atoms with E-state index in [2.05, 4.69) is 91.9 Å². The van der Waals surface area contributed by atoms with E-state index in [9.17, 15) is 0 Å². The number of alkyl halides is 1. The Morgan fingerprint density at radius 3 is 1.84 bits per heavy atom. The molecule has 0 N–H and O–H groups in total. The Morgan fingerprint density at radius 2 is 1.28 bits per heavy atom. The van der Waals surface area contributed by atoms with Gasteiger partial charge in [0, 0.05) is 5.38 Å². The fraction of sp³-hybridized carbons (Fsp3) is 0.217. The van der Waals surface area contributed by atoms with E-state index in [0.717, 1.165) is 19.3 Å². The van der Waals surface area contributed by atoms with Crippen molar-refractivity contribution in [1.82, 2.24) is 0 Å². The SMILES string of the molecule is CCC(Cl)CCc1ccccc1P(c1ccccc1)c1ccccc1. The Balaban J connectivity index is 2.02. The minimum Gasteiger partial charge on any atom is -0.123 e. The fourth-order valence-electron chi connectivity index (χ4n) is 3.04. The molecule has 25 heavy (non-hydrogen) atoms. The van der Waals surface area contributed by atoms with Crippen molar-refractivity contribution < 1.29 is 0 Å². The predicted molar refractivity (Wildman–Crippen MR) is 113 cm³/mol. The molecule has 0 heterocycles. The molecule has 0 amide bonds. The Hall–Kier alpha value is -1.62. The molecule has 0 spiro atoms. The molecule has 2 heteroatoms. The van der Waals surface area contributed by atoms with E-state index in [1.165, 1.54) is 21.5 Å². The van der Waals surface area contributed by atoms with Gasteiger partial charge < -0.3 is 0 Å². The van der Waals surface area contributed by atoms with Gasteiger partial charge in [0.05, 0.1) is 0 Å². The zero-order valence-electron chi connectivity index (χ0n) is 14.6. The van der Waals surface area contributed by atoms with Gasteiger partial charge in [0.15, 0.2) is 0 Å². The van der Waals surface area contributed by atoms with Crippen molar-refractivity contribution in [3.8, 4) is 0 Å². The van der Waals surface area contributed by atoms with Crippen molar-refractivity contribution in [2.75, 3.05) is 0 Å². The summed E-state index contributed by atoms with van der Waals surface area (Å²) in [6, 6.07) is 30.7. The van der Waals surface area contributed by atoms with Crippen molar-refractivity contribution in [1.29, 1.82) is 0 Å². The third kappa shape index (κ3) is 4.72. The lowest BCUT2D eigenvalue weighted by Gasteiger charge is -2.22. The smallest absolute Gasteiger partial charge is 0.0336 e. The number of halogens is 1. The minimum absolute atomic E-state index is 0.257. The monoisotopic (exact) mass is 366 g/mol. The van der Waals surface area contributed by atoms with Crippen molar-refractivity contribution in [2.24, 2.45) is 0 Å². The fourth-order valence-corrected chi connectivity index (χ4v) is 5.65. The van der Waals surface area contributed by atoms with Crippen LogP contribution in [0.15, 0.2) is 84.9 Å². The number of hydrogen-bond donors (Lipinski definition) is 0. The van der Waals surface area contributed by atoms with Crippen LogP contribution in [-0.4, -0.2) is 5.38 Å². The van der Waals surface area contributed by atoms with Crippen LogP contribution < -0.4 is 15.9 Å². The Morgan fingerprint density at radius 1 is 0.760 bits per heavy atom. The van der Waals surface area contributed by atoms with Gasteiger partial charge in [0.2, 0.25) is 0 Å². The highest BCUT2D eigenvalue weighted by molar-refractivity contribution is 7.79. The van der Waals surface area contributed by atoms with Crippen LogP contribution in [0.3, 0.4) is 0 Å². The Labute approximate surface area is 157 Å². The second-order valence-electron chi connectivity index (χ2n) is 6.18. The molecular formula is C23H24ClP. The van der Waals surface area contributed by atoms with Crippen LogP contribution in [0.25, 0.3) is 0 Å². The summed E-state index contributed by atoms with van der Waals surface area (Å²) in [5.41, 5.74) is 1.43. The molecule has 3 rings (SSSR count). The van der Waals surface area contributed by atoms with Crippen LogP contribution in [0, 0.1) is 0 Å². The van der Waals surface area contributed by atoms with E-state index in [-0.39, 0.29) is 5.38 Å². The molecule has 1 unspecified atom stereocenters. The summed E-state index contributed by atoms with van der Waals surface area (Å²) in [6.45, 7) is 2.16. The molecule has 0 aliphatic carbocycles. The molecule has 3 aromatic rings. The zero-order valence-corrected chi connectivity index (χ0v) is 16.3. The first-order valence-corrected chi connectivity index (χ1v) is 10.7. The molecular weight excluding hydrogens is 343 g/mol. The molecule has 1 atom stereocenters. The zero-order chi connectivity index (χ0) is 17.5. The lowest BCUT2D eigenvalue weighted by Crippen LogP contribution is -2.23. The quantitative estimate of drug-likeness (QED) is 0.388. The molecule has 0 saturated carbocycles. The first kappa shape index (κ1) is 18.2. The lowest BCUT2D eigenvalue weighted by molar-refractivity contribution is 0.728. The van der Waals surface area contributed by atoms with Crippen LogP contribution in [0.5, 0.6) is 0 Å². The number of aryl methyl sites for hydroxylation is 1. The molecule has 0 aromatic heterocycles. The first-order valence-electron chi connectivity index (χ1n) is 8.91. The maximum Gasteiger partial charge on any atom is 0.0336 e. The molecule has 0 bridgehead atoms. The van der Waals surface area contributed by atoms with E-state index < -0.39 is 7.92 Å². The van der Waals surface area contributed by atoms with Gasteiger partial charge in [-0.15, -0.1) is 11.6 Å². The highest BCUT2D eigenvalue weighted by Gasteiger charge is 2.19. The molecule has 0 fully saturated rings. The summed E-state index contributed by atoms with van der Waals surface area (Å²) >= 11 is 6.39. The van der Waals surface area contributed by atoms with Gasteiger partial charge in [0.25, 0.3) is 0 Å². The lowest BCUT2D eigenvalue weighted by atomic mass is 10.1. The third-order valence-corrected chi connectivity index (χ3v) is 7.51. The minimum atomic E-state index is -0.545. The average molecular weight is 367 g/mol. The van der Waals surface area contributed by atoms with Crippen LogP contribution in [0.4, 0.5) is 0 Å². The molecule has 0 nitrogen and oxygen atoms in total. The first-order chi connectivity index (χ1) is 12.3. The standard InChI is InChI=1S/C23H24ClP/c1-2-20(24)18-17-19-11-9-10-16-23(19)25(21-12-5-3-6-13-21)22-14-7-4-8-15-22/h3-16,20H,2,17-18H2,1H3. The van der Waals surface area contributed by atoms with Crippen molar-refractivity contribution in [2.45, 2.75) is 31.6 Å². The van der Waals surface area contributed by atoms with Crippen LogP contribution in [0.1, 0.15) is 25.3 Å². The van der Waals surface area contributed by atoms with E-state index in [1.54, 1.807) is 0 Å². The summed E-state index contributed by atoms with van der Waals surface area (Å²) in [6.07, 6.45) is 3.09. The van der Waals surface area contributed by atoms with Crippen LogP contribution in [-0.2, 0) is 6.42 Å². The van der Waals surface area contributed by atoms with E-state index >= 15 is 0 Å². The van der Waals surface area contributed by atoms with Gasteiger partial charge in [-0.05, 0) is 48.7 Å². The summed E-state index contributed by atoms with van der Waals surface area (Å²) < 4.78 is 0. The molecule has 0 saturated heterocycles. The third-order valence-electron chi connectivity index (χ3n) is 4.43. The second-order valence-corrected chi connectivity index (χ2v) is 8.98. The maximum absolute atomic E-state index is 6.39. The van der Waals surface area contributed by atoms with Gasteiger partial charge in [-0.2, -0.15) is 0 Å². The van der Waals surface area contributed by atoms with E-state index in [0.29, 0.717) is 0 Å². The summed E-state index contributed by atoms with van der Waals surface area (Å²) in [5.74, 6) is 0. The van der Waals surface area contributed by atoms with Crippen molar-refractivity contribution in [3.63, 3.8) is 0 Å². The summed E-state index contributed by atoms with van der Waals surface area (Å²) in [5, 5.41) is 4.51. The molecule has 0 aliphatic rings. The predicted octanol–water partition coefficient (Wildman–Crippen LogP) is 5.39. The summed E-state index contributed by atoms with van der Waals surface area (Å²) in [7, 11) is -0.545. The van der Waals surface area contributed by atoms with Crippen molar-refractivity contribution in [3.05, 3.63) is 90.5 Å². The van der Waals surface area contributed by atoms with Gasteiger partial charge in [-0.25, -0.2) is 0 Å². The van der Waals surface area contributed by atoms with Crippen molar-refractivity contribution >= 4 is 35.4 Å². The average Bonchev–Trinajstić information content (AvgIpc) is 2.69. The van der Waals surface area contributed by atoms with Gasteiger partial charge in [-0.1, -0.05) is 91.9 Å². The number of benzene rings is 3. The van der Waals surface area contributed by atoms with Crippen LogP contribution >= 0.6 is 19.5 Å². The molecule has 128 valence electrons. The maximum atomic E-state index is 6.39. The Kier molecular flexibility index (Phi) is 6.68. The van der Waals surface area contributed by atoms with E-state index in [1.807, 2.05) is 0 Å². The van der Waals surface area contributed by atoms with Gasteiger partial charge >= 0.3 is 0 Å². The van der Waals surface area contributed by atoms with E-state index in [4.69, 9.17) is 11.6 Å². The second kappa shape index (κ2) is 9.18. The normalized spacial score (nSPS) is 12.3. The molecule has 0 aliphatic heterocycles. The number of rotatable bonds is 7. The summed E-state index contributed by atoms with van der Waals surface area (Å²) in [4.78, 5) is 0.